The van der Waals surface area contributed by atoms with Gasteiger partial charge in [-0.25, -0.2) is 0 Å². The zero-order chi connectivity index (χ0) is 9.42. The van der Waals surface area contributed by atoms with Gasteiger partial charge in [-0.1, -0.05) is 0 Å². The molecule has 2 aliphatic heterocycles. The first-order chi connectivity index (χ1) is 6.22. The van der Waals surface area contributed by atoms with E-state index < -0.39 is 0 Å². The van der Waals surface area contributed by atoms with E-state index in [2.05, 4.69) is 18.7 Å². The van der Waals surface area contributed by atoms with E-state index in [0.29, 0.717) is 6.10 Å². The van der Waals surface area contributed by atoms with E-state index in [1.807, 2.05) is 7.11 Å². The molecule has 0 saturated carbocycles. The molecule has 0 aromatic rings. The summed E-state index contributed by atoms with van der Waals surface area (Å²) in [6.07, 6.45) is 5.83. The number of nitrogens with zero attached hydrogens (tertiary/aromatic N) is 1. The quantitative estimate of drug-likeness (QED) is 0.649. The highest BCUT2D eigenvalue weighted by molar-refractivity contribution is 4.96. The number of piperidine rings is 1. The molecule has 76 valence electrons. The van der Waals surface area contributed by atoms with E-state index >= 15 is 0 Å². The third kappa shape index (κ3) is 1.62. The number of rotatable bonds is 2. The lowest BCUT2D eigenvalue weighted by atomic mass is 9.98. The second kappa shape index (κ2) is 3.58. The maximum Gasteiger partial charge on any atom is 0.0601 e. The van der Waals surface area contributed by atoms with Crippen molar-refractivity contribution in [3.05, 3.63) is 0 Å². The summed E-state index contributed by atoms with van der Waals surface area (Å²) in [4.78, 5) is 2.70. The Labute approximate surface area is 81.3 Å². The van der Waals surface area contributed by atoms with Crippen LogP contribution in [0.2, 0.25) is 0 Å². The van der Waals surface area contributed by atoms with Gasteiger partial charge in [0.2, 0.25) is 0 Å². The molecule has 0 radical (unpaired) electrons. The van der Waals surface area contributed by atoms with E-state index in [0.717, 1.165) is 18.1 Å². The van der Waals surface area contributed by atoms with Crippen molar-refractivity contribution in [1.29, 1.82) is 0 Å². The van der Waals surface area contributed by atoms with E-state index in [-0.39, 0.29) is 0 Å². The molecule has 2 saturated heterocycles. The van der Waals surface area contributed by atoms with Crippen molar-refractivity contribution in [3.8, 4) is 0 Å². The number of hydrogen-bond acceptors (Lipinski definition) is 2. The summed E-state index contributed by atoms with van der Waals surface area (Å²) in [6.45, 7) is 4.64. The molecule has 13 heavy (non-hydrogen) atoms. The number of hydrogen-bond donors (Lipinski definition) is 0. The van der Waals surface area contributed by atoms with Crippen molar-refractivity contribution in [3.63, 3.8) is 0 Å². The van der Waals surface area contributed by atoms with Gasteiger partial charge >= 0.3 is 0 Å². The van der Waals surface area contributed by atoms with Crippen LogP contribution in [-0.4, -0.2) is 36.2 Å². The van der Waals surface area contributed by atoms with Gasteiger partial charge in [-0.2, -0.15) is 0 Å². The molecule has 2 nitrogen and oxygen atoms in total. The van der Waals surface area contributed by atoms with Crippen LogP contribution >= 0.6 is 0 Å². The van der Waals surface area contributed by atoms with Gasteiger partial charge in [0.15, 0.2) is 0 Å². The molecule has 0 aromatic carbocycles. The first kappa shape index (κ1) is 9.47. The van der Waals surface area contributed by atoms with Crippen molar-refractivity contribution in [1.82, 2.24) is 4.90 Å². The van der Waals surface area contributed by atoms with Crippen LogP contribution < -0.4 is 0 Å². The van der Waals surface area contributed by atoms with Crippen LogP contribution in [-0.2, 0) is 4.74 Å². The molecule has 1 unspecified atom stereocenters. The van der Waals surface area contributed by atoms with Gasteiger partial charge in [-0.3, -0.25) is 4.90 Å². The van der Waals surface area contributed by atoms with Crippen molar-refractivity contribution in [2.24, 2.45) is 0 Å². The van der Waals surface area contributed by atoms with Gasteiger partial charge in [0.25, 0.3) is 0 Å². The minimum absolute atomic E-state index is 0.535. The Balaban J connectivity index is 2.04. The summed E-state index contributed by atoms with van der Waals surface area (Å²) < 4.78 is 5.47. The predicted octanol–water partition coefficient (Wildman–Crippen LogP) is 2.04. The SMILES string of the molecule is COC1C[C@H]2CC[C@@H](C1)N2C(C)C. The number of methoxy groups -OCH3 is 1. The van der Waals surface area contributed by atoms with E-state index in [1.54, 1.807) is 0 Å². The molecule has 2 aliphatic rings. The average Bonchev–Trinajstić information content (AvgIpc) is 2.37. The average molecular weight is 183 g/mol. The van der Waals surface area contributed by atoms with E-state index in [1.165, 1.54) is 25.7 Å². The van der Waals surface area contributed by atoms with E-state index in [9.17, 15) is 0 Å². The summed E-state index contributed by atoms with van der Waals surface area (Å²) in [5, 5.41) is 0. The largest absolute Gasteiger partial charge is 0.381 e. The predicted molar refractivity (Wildman–Crippen MR) is 53.8 cm³/mol. The van der Waals surface area contributed by atoms with Crippen LogP contribution in [0.15, 0.2) is 0 Å². The van der Waals surface area contributed by atoms with Crippen LogP contribution in [0.1, 0.15) is 39.5 Å². The summed E-state index contributed by atoms with van der Waals surface area (Å²) in [5.74, 6) is 0. The zero-order valence-corrected chi connectivity index (χ0v) is 8.99. The van der Waals surface area contributed by atoms with Gasteiger partial charge in [-0.15, -0.1) is 0 Å². The van der Waals surface area contributed by atoms with Crippen molar-refractivity contribution < 1.29 is 4.74 Å². The van der Waals surface area contributed by atoms with E-state index in [4.69, 9.17) is 4.74 Å². The van der Waals surface area contributed by atoms with Crippen LogP contribution in [0.5, 0.6) is 0 Å². The van der Waals surface area contributed by atoms with Gasteiger partial charge in [0, 0.05) is 25.2 Å². The lowest BCUT2D eigenvalue weighted by Gasteiger charge is -2.40. The molecule has 0 aromatic heterocycles. The highest BCUT2D eigenvalue weighted by atomic mass is 16.5. The third-order valence-electron chi connectivity index (χ3n) is 3.68. The fourth-order valence-corrected chi connectivity index (χ4v) is 3.20. The first-order valence-electron chi connectivity index (χ1n) is 5.52. The maximum atomic E-state index is 5.47. The maximum absolute atomic E-state index is 5.47. The fourth-order valence-electron chi connectivity index (χ4n) is 3.20. The topological polar surface area (TPSA) is 12.5 Å². The third-order valence-corrected chi connectivity index (χ3v) is 3.68. The van der Waals surface area contributed by atoms with Gasteiger partial charge < -0.3 is 4.74 Å². The summed E-state index contributed by atoms with van der Waals surface area (Å²) in [6, 6.07) is 2.34. The summed E-state index contributed by atoms with van der Waals surface area (Å²) >= 11 is 0. The normalized spacial score (nSPS) is 40.2. The molecule has 0 N–H and O–H groups in total. The molecule has 3 atom stereocenters. The molecule has 2 fully saturated rings. The Hall–Kier alpha value is -0.0800. The molecule has 0 amide bonds. The minimum atomic E-state index is 0.535. The van der Waals surface area contributed by atoms with Crippen molar-refractivity contribution >= 4 is 0 Å². The molecule has 0 spiro atoms. The number of fused-ring (bicyclic) bond motifs is 2. The van der Waals surface area contributed by atoms with Crippen LogP contribution in [0, 0.1) is 0 Å². The molecule has 2 rings (SSSR count). The second-order valence-electron chi connectivity index (χ2n) is 4.76. The lowest BCUT2D eigenvalue weighted by Crippen LogP contribution is -2.48. The monoisotopic (exact) mass is 183 g/mol. The number of ether oxygens (including phenoxy) is 1. The zero-order valence-electron chi connectivity index (χ0n) is 8.99. The Bertz CT molecular complexity index is 167. The lowest BCUT2D eigenvalue weighted by molar-refractivity contribution is -0.00637. The summed E-state index contributed by atoms with van der Waals surface area (Å²) in [5.41, 5.74) is 0. The second-order valence-corrected chi connectivity index (χ2v) is 4.76. The Morgan fingerprint density at radius 1 is 1.15 bits per heavy atom. The van der Waals surface area contributed by atoms with Crippen molar-refractivity contribution in [2.45, 2.75) is 63.8 Å². The molecule has 2 heteroatoms. The molecule has 0 aliphatic carbocycles. The standard InChI is InChI=1S/C11H21NO/c1-8(2)12-9-4-5-10(12)7-11(6-9)13-3/h8-11H,4-7H2,1-3H3/t9-,10+,11?. The van der Waals surface area contributed by atoms with Crippen molar-refractivity contribution in [2.75, 3.05) is 7.11 Å². The Morgan fingerprint density at radius 3 is 2.08 bits per heavy atom. The summed E-state index contributed by atoms with van der Waals surface area (Å²) in [7, 11) is 1.86. The van der Waals surface area contributed by atoms with Crippen LogP contribution in [0.25, 0.3) is 0 Å². The highest BCUT2D eigenvalue weighted by Gasteiger charge is 2.41. The smallest absolute Gasteiger partial charge is 0.0601 e. The Kier molecular flexibility index (Phi) is 2.61. The highest BCUT2D eigenvalue weighted by Crippen LogP contribution is 2.37. The molecule has 2 bridgehead atoms. The fraction of sp³-hybridized carbons (Fsp3) is 1.00. The molecular formula is C11H21NO. The Morgan fingerprint density at radius 2 is 1.69 bits per heavy atom. The van der Waals surface area contributed by atoms with Crippen LogP contribution in [0.4, 0.5) is 0 Å². The molecular weight excluding hydrogens is 162 g/mol. The van der Waals surface area contributed by atoms with Gasteiger partial charge in [0.05, 0.1) is 6.10 Å². The van der Waals surface area contributed by atoms with Gasteiger partial charge in [0.1, 0.15) is 0 Å². The first-order valence-corrected chi connectivity index (χ1v) is 5.52. The minimum Gasteiger partial charge on any atom is -0.381 e. The molecule has 2 heterocycles. The van der Waals surface area contributed by atoms with Gasteiger partial charge in [-0.05, 0) is 39.5 Å². The van der Waals surface area contributed by atoms with Crippen LogP contribution in [0.3, 0.4) is 0 Å².